The maximum Gasteiger partial charge on any atom is 0.257 e. The molecule has 1 N–H and O–H groups in total. The first-order valence-corrected chi connectivity index (χ1v) is 5.89. The molecule has 0 aliphatic rings. The normalized spacial score (nSPS) is 10.3. The second kappa shape index (κ2) is 5.92. The number of carbonyl (C=O) groups excluding carboxylic acids is 1. The predicted molar refractivity (Wildman–Crippen MR) is 71.2 cm³/mol. The van der Waals surface area contributed by atoms with E-state index in [0.717, 1.165) is 6.07 Å². The lowest BCUT2D eigenvalue weighted by molar-refractivity contribution is 0.102. The van der Waals surface area contributed by atoms with Gasteiger partial charge in [-0.1, -0.05) is 11.6 Å². The SMILES string of the molecule is O=Nc1ccc(Cl)c(C(=O)Nc2c(F)cc(F)cc2F)c1. The second-order valence-electron chi connectivity index (χ2n) is 3.95. The van der Waals surface area contributed by atoms with E-state index in [4.69, 9.17) is 11.6 Å². The van der Waals surface area contributed by atoms with Gasteiger partial charge in [0.1, 0.15) is 17.2 Å². The molecule has 108 valence electrons. The average molecular weight is 315 g/mol. The molecule has 1 amide bonds. The first-order chi connectivity index (χ1) is 9.92. The Morgan fingerprint density at radius 3 is 2.29 bits per heavy atom. The number of amides is 1. The van der Waals surface area contributed by atoms with E-state index in [9.17, 15) is 22.9 Å². The van der Waals surface area contributed by atoms with Crippen LogP contribution >= 0.6 is 11.6 Å². The minimum Gasteiger partial charge on any atom is -0.317 e. The van der Waals surface area contributed by atoms with Crippen LogP contribution in [0.3, 0.4) is 0 Å². The van der Waals surface area contributed by atoms with Crippen molar-refractivity contribution in [3.63, 3.8) is 0 Å². The Balaban J connectivity index is 2.37. The third-order valence-electron chi connectivity index (χ3n) is 2.55. The Morgan fingerprint density at radius 2 is 1.71 bits per heavy atom. The molecule has 0 heterocycles. The highest BCUT2D eigenvalue weighted by atomic mass is 35.5. The molecule has 2 aromatic rings. The minimum atomic E-state index is -1.28. The van der Waals surface area contributed by atoms with E-state index in [1.807, 2.05) is 5.32 Å². The molecule has 0 saturated carbocycles. The molecule has 0 atom stereocenters. The van der Waals surface area contributed by atoms with E-state index < -0.39 is 29.0 Å². The number of halogens is 4. The van der Waals surface area contributed by atoms with E-state index in [0.29, 0.717) is 12.1 Å². The predicted octanol–water partition coefficient (Wildman–Crippen LogP) is 4.41. The zero-order chi connectivity index (χ0) is 15.6. The van der Waals surface area contributed by atoms with Crippen molar-refractivity contribution in [2.45, 2.75) is 0 Å². The highest BCUT2D eigenvalue weighted by Crippen LogP contribution is 2.25. The summed E-state index contributed by atoms with van der Waals surface area (Å²) in [7, 11) is 0. The second-order valence-corrected chi connectivity index (χ2v) is 4.36. The molecule has 8 heteroatoms. The molecule has 0 aliphatic carbocycles. The third-order valence-corrected chi connectivity index (χ3v) is 2.87. The Labute approximate surface area is 121 Å². The summed E-state index contributed by atoms with van der Waals surface area (Å²) in [4.78, 5) is 22.3. The molecule has 0 saturated heterocycles. The monoisotopic (exact) mass is 314 g/mol. The maximum atomic E-state index is 13.4. The number of benzene rings is 2. The highest BCUT2D eigenvalue weighted by molar-refractivity contribution is 6.34. The summed E-state index contributed by atoms with van der Waals surface area (Å²) in [6.45, 7) is 0. The molecule has 0 radical (unpaired) electrons. The fourth-order valence-electron chi connectivity index (χ4n) is 1.59. The van der Waals surface area contributed by atoms with Gasteiger partial charge in [-0.2, -0.15) is 0 Å². The van der Waals surface area contributed by atoms with Gasteiger partial charge in [0.2, 0.25) is 0 Å². The molecular weight excluding hydrogens is 309 g/mol. The van der Waals surface area contributed by atoms with E-state index in [1.54, 1.807) is 0 Å². The number of nitrogens with zero attached hydrogens (tertiary/aromatic N) is 1. The summed E-state index contributed by atoms with van der Waals surface area (Å²) >= 11 is 5.77. The van der Waals surface area contributed by atoms with E-state index in [2.05, 4.69) is 5.18 Å². The van der Waals surface area contributed by atoms with Gasteiger partial charge < -0.3 is 5.32 Å². The van der Waals surface area contributed by atoms with Crippen molar-refractivity contribution in [2.24, 2.45) is 5.18 Å². The molecule has 0 aliphatic heterocycles. The summed E-state index contributed by atoms with van der Waals surface area (Å²) in [5.74, 6) is -4.63. The smallest absolute Gasteiger partial charge is 0.257 e. The van der Waals surface area contributed by atoms with Crippen LogP contribution in [0.15, 0.2) is 35.5 Å². The summed E-state index contributed by atoms with van der Waals surface area (Å²) < 4.78 is 39.6. The summed E-state index contributed by atoms with van der Waals surface area (Å²) in [6, 6.07) is 4.41. The molecule has 21 heavy (non-hydrogen) atoms. The van der Waals surface area contributed by atoms with Crippen LogP contribution in [0.4, 0.5) is 24.5 Å². The first kappa shape index (κ1) is 15.0. The molecule has 0 fully saturated rings. The van der Waals surface area contributed by atoms with Gasteiger partial charge in [-0.05, 0) is 23.4 Å². The molecule has 0 bridgehead atoms. The Hall–Kier alpha value is -2.41. The summed E-state index contributed by atoms with van der Waals surface area (Å²) in [6.07, 6.45) is 0. The summed E-state index contributed by atoms with van der Waals surface area (Å²) in [5, 5.41) is 4.51. The van der Waals surface area contributed by atoms with Crippen LogP contribution in [0.5, 0.6) is 0 Å². The van der Waals surface area contributed by atoms with Crippen molar-refractivity contribution in [3.8, 4) is 0 Å². The molecule has 2 aromatic carbocycles. The van der Waals surface area contributed by atoms with Gasteiger partial charge in [0.05, 0.1) is 10.6 Å². The fraction of sp³-hybridized carbons (Fsp3) is 0. The molecule has 0 spiro atoms. The molecule has 0 aromatic heterocycles. The Kier molecular flexibility index (Phi) is 4.23. The zero-order valence-corrected chi connectivity index (χ0v) is 10.9. The molecule has 0 unspecified atom stereocenters. The van der Waals surface area contributed by atoms with Crippen molar-refractivity contribution in [2.75, 3.05) is 5.32 Å². The molecular formula is C13H6ClF3N2O2. The van der Waals surface area contributed by atoms with Gasteiger partial charge in [-0.25, -0.2) is 13.2 Å². The number of anilines is 1. The fourth-order valence-corrected chi connectivity index (χ4v) is 1.79. The third kappa shape index (κ3) is 3.19. The van der Waals surface area contributed by atoms with Crippen molar-refractivity contribution >= 4 is 28.9 Å². The Morgan fingerprint density at radius 1 is 1.10 bits per heavy atom. The zero-order valence-electron chi connectivity index (χ0n) is 10.2. The summed E-state index contributed by atoms with van der Waals surface area (Å²) in [5.41, 5.74) is -1.09. The topological polar surface area (TPSA) is 58.5 Å². The lowest BCUT2D eigenvalue weighted by Gasteiger charge is -2.09. The van der Waals surface area contributed by atoms with Crippen molar-refractivity contribution in [1.29, 1.82) is 0 Å². The number of rotatable bonds is 3. The lowest BCUT2D eigenvalue weighted by Crippen LogP contribution is -2.15. The van der Waals surface area contributed by atoms with Gasteiger partial charge in [0, 0.05) is 12.1 Å². The van der Waals surface area contributed by atoms with Gasteiger partial charge in [0.15, 0.2) is 11.6 Å². The van der Waals surface area contributed by atoms with Crippen LogP contribution in [0.2, 0.25) is 5.02 Å². The first-order valence-electron chi connectivity index (χ1n) is 5.51. The van der Waals surface area contributed by atoms with Crippen LogP contribution in [-0.2, 0) is 0 Å². The average Bonchev–Trinajstić information content (AvgIpc) is 2.43. The number of hydrogen-bond acceptors (Lipinski definition) is 3. The molecule has 2 rings (SSSR count). The van der Waals surface area contributed by atoms with Crippen molar-refractivity contribution < 1.29 is 18.0 Å². The number of nitrogens with one attached hydrogen (secondary N) is 1. The lowest BCUT2D eigenvalue weighted by atomic mass is 10.1. The standard InChI is InChI=1S/C13H6ClF3N2O2/c14-9-2-1-7(19-21)5-8(9)13(20)18-12-10(16)3-6(15)4-11(12)17/h1-5H,(H,18,20). The van der Waals surface area contributed by atoms with E-state index in [1.165, 1.54) is 12.1 Å². The van der Waals surface area contributed by atoms with E-state index in [-0.39, 0.29) is 16.3 Å². The maximum absolute atomic E-state index is 13.4. The van der Waals surface area contributed by atoms with Crippen molar-refractivity contribution in [1.82, 2.24) is 0 Å². The Bertz CT molecular complexity index is 714. The number of hydrogen-bond donors (Lipinski definition) is 1. The number of nitroso groups, excluding NO2 is 1. The molecule has 4 nitrogen and oxygen atoms in total. The minimum absolute atomic E-state index is 0.0390. The van der Waals surface area contributed by atoms with Crippen LogP contribution in [0.1, 0.15) is 10.4 Å². The van der Waals surface area contributed by atoms with Crippen molar-refractivity contribution in [3.05, 3.63) is 63.3 Å². The highest BCUT2D eigenvalue weighted by Gasteiger charge is 2.17. The van der Waals surface area contributed by atoms with E-state index >= 15 is 0 Å². The van der Waals surface area contributed by atoms with Gasteiger partial charge in [-0.3, -0.25) is 4.79 Å². The number of carbonyl (C=O) groups is 1. The van der Waals surface area contributed by atoms with Gasteiger partial charge >= 0.3 is 0 Å². The van der Waals surface area contributed by atoms with Gasteiger partial charge in [0.25, 0.3) is 5.91 Å². The van der Waals surface area contributed by atoms with Crippen LogP contribution in [-0.4, -0.2) is 5.91 Å². The quantitative estimate of drug-likeness (QED) is 0.853. The largest absolute Gasteiger partial charge is 0.317 e. The van der Waals surface area contributed by atoms with Crippen LogP contribution in [0, 0.1) is 22.4 Å². The van der Waals surface area contributed by atoms with Gasteiger partial charge in [-0.15, -0.1) is 4.91 Å². The van der Waals surface area contributed by atoms with Crippen LogP contribution < -0.4 is 5.32 Å². The van der Waals surface area contributed by atoms with Crippen LogP contribution in [0.25, 0.3) is 0 Å².